The number of rotatable bonds is 2. The van der Waals surface area contributed by atoms with Crippen molar-refractivity contribution in [3.63, 3.8) is 0 Å². The molecule has 2 aromatic rings. The van der Waals surface area contributed by atoms with Gasteiger partial charge in [0.05, 0.1) is 5.39 Å². The number of fused-ring (bicyclic) bond motifs is 1. The predicted octanol–water partition coefficient (Wildman–Crippen LogP) is 1.26. The van der Waals surface area contributed by atoms with E-state index in [4.69, 9.17) is 0 Å². The highest BCUT2D eigenvalue weighted by molar-refractivity contribution is 5.88. The van der Waals surface area contributed by atoms with E-state index in [-0.39, 0.29) is 5.92 Å². The number of amides is 1. The van der Waals surface area contributed by atoms with Crippen LogP contribution in [0.1, 0.15) is 18.7 Å². The average Bonchev–Trinajstić information content (AvgIpc) is 3.09. The molecule has 0 aliphatic carbocycles. The van der Waals surface area contributed by atoms with E-state index in [2.05, 4.69) is 36.7 Å². The molecular formula is C18H26N6O. The summed E-state index contributed by atoms with van der Waals surface area (Å²) in [4.78, 5) is 31.7. The SMILES string of the molecule is Cc1nc(N2CCC(C(=O)N3CCN(C)CC3)CC2)c2cc[nH]c2n1. The molecule has 0 spiro atoms. The topological polar surface area (TPSA) is 68.4 Å². The molecule has 1 N–H and O–H groups in total. The van der Waals surface area contributed by atoms with Crippen LogP contribution in [0.5, 0.6) is 0 Å². The van der Waals surface area contributed by atoms with Crippen LogP contribution in [0, 0.1) is 12.8 Å². The van der Waals surface area contributed by atoms with Crippen LogP contribution in [-0.2, 0) is 4.79 Å². The number of hydrogen-bond acceptors (Lipinski definition) is 5. The number of aromatic nitrogens is 3. The summed E-state index contributed by atoms with van der Waals surface area (Å²) in [6.45, 7) is 7.37. The van der Waals surface area contributed by atoms with Crippen LogP contribution in [0.3, 0.4) is 0 Å². The molecule has 0 aromatic carbocycles. The Bertz CT molecular complexity index is 756. The van der Waals surface area contributed by atoms with E-state index >= 15 is 0 Å². The number of carbonyl (C=O) groups excluding carboxylic acids is 1. The Morgan fingerprint density at radius 1 is 1.12 bits per heavy atom. The van der Waals surface area contributed by atoms with Gasteiger partial charge in [-0.1, -0.05) is 0 Å². The molecule has 0 saturated carbocycles. The van der Waals surface area contributed by atoms with Crippen LogP contribution in [0.15, 0.2) is 12.3 Å². The first-order chi connectivity index (χ1) is 12.1. The van der Waals surface area contributed by atoms with Gasteiger partial charge in [-0.2, -0.15) is 0 Å². The second-order valence-electron chi connectivity index (χ2n) is 7.22. The number of aryl methyl sites for hydroxylation is 1. The van der Waals surface area contributed by atoms with Crippen molar-refractivity contribution in [2.45, 2.75) is 19.8 Å². The summed E-state index contributed by atoms with van der Waals surface area (Å²) >= 11 is 0. The fraction of sp³-hybridized carbons (Fsp3) is 0.611. The third kappa shape index (κ3) is 3.20. The van der Waals surface area contributed by atoms with Gasteiger partial charge in [-0.05, 0) is 32.9 Å². The fourth-order valence-electron chi connectivity index (χ4n) is 3.90. The van der Waals surface area contributed by atoms with Crippen molar-refractivity contribution in [3.8, 4) is 0 Å². The van der Waals surface area contributed by atoms with Crippen molar-refractivity contribution < 1.29 is 4.79 Å². The largest absolute Gasteiger partial charge is 0.356 e. The number of hydrogen-bond donors (Lipinski definition) is 1. The molecule has 4 heterocycles. The summed E-state index contributed by atoms with van der Waals surface area (Å²) in [5, 5.41) is 1.06. The minimum atomic E-state index is 0.157. The van der Waals surface area contributed by atoms with Gasteiger partial charge < -0.3 is 19.7 Å². The zero-order valence-electron chi connectivity index (χ0n) is 15.0. The van der Waals surface area contributed by atoms with Crippen LogP contribution < -0.4 is 4.90 Å². The molecule has 0 bridgehead atoms. The monoisotopic (exact) mass is 342 g/mol. The van der Waals surface area contributed by atoms with Crippen LogP contribution >= 0.6 is 0 Å². The first kappa shape index (κ1) is 16.3. The predicted molar refractivity (Wildman–Crippen MR) is 97.6 cm³/mol. The number of carbonyl (C=O) groups is 1. The van der Waals surface area contributed by atoms with Crippen LogP contribution in [0.2, 0.25) is 0 Å². The average molecular weight is 342 g/mol. The lowest BCUT2D eigenvalue weighted by atomic mass is 9.95. The maximum absolute atomic E-state index is 12.8. The van der Waals surface area contributed by atoms with E-state index in [0.29, 0.717) is 5.91 Å². The molecule has 0 unspecified atom stereocenters. The third-order valence-electron chi connectivity index (χ3n) is 5.47. The number of H-pyrrole nitrogens is 1. The molecule has 1 amide bonds. The van der Waals surface area contributed by atoms with Gasteiger partial charge in [0.25, 0.3) is 0 Å². The Morgan fingerprint density at radius 2 is 1.84 bits per heavy atom. The quantitative estimate of drug-likeness (QED) is 0.890. The molecule has 7 nitrogen and oxygen atoms in total. The van der Waals surface area contributed by atoms with Gasteiger partial charge in [0, 0.05) is 51.4 Å². The molecule has 2 aliphatic heterocycles. The maximum atomic E-state index is 12.8. The molecule has 4 rings (SSSR count). The van der Waals surface area contributed by atoms with Gasteiger partial charge >= 0.3 is 0 Å². The Morgan fingerprint density at radius 3 is 2.56 bits per heavy atom. The van der Waals surface area contributed by atoms with Crippen molar-refractivity contribution in [2.24, 2.45) is 5.92 Å². The minimum absolute atomic E-state index is 0.157. The van der Waals surface area contributed by atoms with E-state index in [1.807, 2.05) is 19.2 Å². The molecule has 25 heavy (non-hydrogen) atoms. The molecule has 2 aliphatic rings. The number of piperidine rings is 1. The van der Waals surface area contributed by atoms with Gasteiger partial charge in [0.2, 0.25) is 5.91 Å². The van der Waals surface area contributed by atoms with Crippen molar-refractivity contribution in [2.75, 3.05) is 51.2 Å². The summed E-state index contributed by atoms with van der Waals surface area (Å²) in [6.07, 6.45) is 3.71. The third-order valence-corrected chi connectivity index (χ3v) is 5.47. The molecule has 134 valence electrons. The highest BCUT2D eigenvalue weighted by Crippen LogP contribution is 2.28. The molecule has 0 radical (unpaired) electrons. The van der Waals surface area contributed by atoms with E-state index in [1.54, 1.807) is 0 Å². The standard InChI is InChI=1S/C18H26N6O/c1-13-20-16-15(3-6-19-16)17(21-13)23-7-4-14(5-8-23)18(25)24-11-9-22(2)10-12-24/h3,6,14H,4-5,7-12H2,1-2H3,(H,19,20,21). The van der Waals surface area contributed by atoms with Crippen molar-refractivity contribution in [1.82, 2.24) is 24.8 Å². The Labute approximate surface area is 148 Å². The first-order valence-electron chi connectivity index (χ1n) is 9.16. The summed E-state index contributed by atoms with van der Waals surface area (Å²) < 4.78 is 0. The Balaban J connectivity index is 1.42. The number of likely N-dealkylation sites (N-methyl/N-ethyl adjacent to an activating group) is 1. The molecule has 7 heteroatoms. The molecule has 2 aromatic heterocycles. The second kappa shape index (κ2) is 6.63. The van der Waals surface area contributed by atoms with Crippen LogP contribution in [-0.4, -0.2) is 77.0 Å². The maximum Gasteiger partial charge on any atom is 0.225 e. The number of nitrogens with zero attached hydrogens (tertiary/aromatic N) is 5. The van der Waals surface area contributed by atoms with Gasteiger partial charge in [-0.15, -0.1) is 0 Å². The number of piperazine rings is 1. The first-order valence-corrected chi connectivity index (χ1v) is 9.16. The highest BCUT2D eigenvalue weighted by Gasteiger charge is 2.30. The van der Waals surface area contributed by atoms with E-state index in [1.165, 1.54) is 0 Å². The summed E-state index contributed by atoms with van der Waals surface area (Å²) in [5.41, 5.74) is 0.887. The van der Waals surface area contributed by atoms with E-state index < -0.39 is 0 Å². The Hall–Kier alpha value is -2.15. The van der Waals surface area contributed by atoms with Gasteiger partial charge in [-0.25, -0.2) is 9.97 Å². The summed E-state index contributed by atoms with van der Waals surface area (Å²) in [5.74, 6) is 2.28. The van der Waals surface area contributed by atoms with Crippen molar-refractivity contribution in [3.05, 3.63) is 18.1 Å². The minimum Gasteiger partial charge on any atom is -0.356 e. The second-order valence-corrected chi connectivity index (χ2v) is 7.22. The lowest BCUT2D eigenvalue weighted by Crippen LogP contribution is -2.50. The molecule has 2 fully saturated rings. The smallest absolute Gasteiger partial charge is 0.225 e. The lowest BCUT2D eigenvalue weighted by molar-refractivity contribution is -0.137. The zero-order valence-corrected chi connectivity index (χ0v) is 15.0. The molecule has 2 saturated heterocycles. The zero-order chi connectivity index (χ0) is 17.4. The summed E-state index contributed by atoms with van der Waals surface area (Å²) in [7, 11) is 2.12. The van der Waals surface area contributed by atoms with E-state index in [9.17, 15) is 4.79 Å². The van der Waals surface area contributed by atoms with Crippen LogP contribution in [0.25, 0.3) is 11.0 Å². The van der Waals surface area contributed by atoms with Gasteiger partial charge in [0.1, 0.15) is 17.3 Å². The number of nitrogens with one attached hydrogen (secondary N) is 1. The van der Waals surface area contributed by atoms with Gasteiger partial charge in [0.15, 0.2) is 0 Å². The van der Waals surface area contributed by atoms with Crippen molar-refractivity contribution in [1.29, 1.82) is 0 Å². The van der Waals surface area contributed by atoms with Crippen molar-refractivity contribution >= 4 is 22.8 Å². The van der Waals surface area contributed by atoms with Crippen LogP contribution in [0.4, 0.5) is 5.82 Å². The number of aromatic amines is 1. The normalized spacial score (nSPS) is 20.4. The van der Waals surface area contributed by atoms with E-state index in [0.717, 1.165) is 74.8 Å². The lowest BCUT2D eigenvalue weighted by Gasteiger charge is -2.38. The Kier molecular flexibility index (Phi) is 4.33. The fourth-order valence-corrected chi connectivity index (χ4v) is 3.90. The number of anilines is 1. The highest BCUT2D eigenvalue weighted by atomic mass is 16.2. The summed E-state index contributed by atoms with van der Waals surface area (Å²) in [6, 6.07) is 2.03. The van der Waals surface area contributed by atoms with Gasteiger partial charge in [-0.3, -0.25) is 4.79 Å². The molecule has 0 atom stereocenters. The molecular weight excluding hydrogens is 316 g/mol.